The summed E-state index contributed by atoms with van der Waals surface area (Å²) in [6.45, 7) is 0.179. The maximum absolute atomic E-state index is 12.1. The second kappa shape index (κ2) is 6.30. The van der Waals surface area contributed by atoms with E-state index in [-0.39, 0.29) is 43.5 Å². The first-order valence-corrected chi connectivity index (χ1v) is 7.89. The van der Waals surface area contributed by atoms with Crippen LogP contribution in [0.1, 0.15) is 43.2 Å². The number of nitrogens with zero attached hydrogens (tertiary/aromatic N) is 1. The van der Waals surface area contributed by atoms with E-state index in [0.29, 0.717) is 0 Å². The highest BCUT2D eigenvalue weighted by molar-refractivity contribution is 6.02. The highest BCUT2D eigenvalue weighted by atomic mass is 16.2. The van der Waals surface area contributed by atoms with E-state index in [9.17, 15) is 14.4 Å². The second-order valence-electron chi connectivity index (χ2n) is 5.89. The van der Waals surface area contributed by atoms with Crippen molar-refractivity contribution in [3.63, 3.8) is 0 Å². The van der Waals surface area contributed by atoms with Crippen LogP contribution in [0.2, 0.25) is 0 Å². The Hall–Kier alpha value is -2.17. The van der Waals surface area contributed by atoms with Crippen LogP contribution in [0.25, 0.3) is 0 Å². The Morgan fingerprint density at radius 2 is 1.77 bits per heavy atom. The van der Waals surface area contributed by atoms with Gasteiger partial charge >= 0.3 is 0 Å². The molecule has 1 aliphatic carbocycles. The van der Waals surface area contributed by atoms with E-state index in [1.807, 2.05) is 12.1 Å². The smallest absolute Gasteiger partial charge is 0.229 e. The number of anilines is 1. The van der Waals surface area contributed by atoms with E-state index in [1.54, 1.807) is 0 Å². The maximum Gasteiger partial charge on any atom is 0.229 e. The lowest BCUT2D eigenvalue weighted by Crippen LogP contribution is -2.32. The number of imide groups is 1. The molecule has 0 aromatic heterocycles. The van der Waals surface area contributed by atoms with Gasteiger partial charge in [-0.25, -0.2) is 0 Å². The number of carbonyl (C=O) groups is 3. The fourth-order valence-corrected chi connectivity index (χ4v) is 3.20. The predicted molar refractivity (Wildman–Crippen MR) is 82.3 cm³/mol. The van der Waals surface area contributed by atoms with E-state index >= 15 is 0 Å². The molecule has 0 spiro atoms. The van der Waals surface area contributed by atoms with Crippen LogP contribution in [0.3, 0.4) is 0 Å². The summed E-state index contributed by atoms with van der Waals surface area (Å²) in [5.74, 6) is -0.490. The number of nitrogens with one attached hydrogen (secondary N) is 1. The van der Waals surface area contributed by atoms with Crippen molar-refractivity contribution < 1.29 is 14.4 Å². The third kappa shape index (κ3) is 3.03. The molecule has 1 saturated heterocycles. The predicted octanol–water partition coefficient (Wildman–Crippen LogP) is 2.04. The fourth-order valence-electron chi connectivity index (χ4n) is 3.20. The van der Waals surface area contributed by atoms with Gasteiger partial charge in [0, 0.05) is 31.5 Å². The van der Waals surface area contributed by atoms with Crippen molar-refractivity contribution in [3.05, 3.63) is 29.3 Å². The van der Waals surface area contributed by atoms with Crippen molar-refractivity contribution in [3.8, 4) is 0 Å². The minimum absolute atomic E-state index is 0.147. The monoisotopic (exact) mass is 300 g/mol. The number of carbonyl (C=O) groups excluding carboxylic acids is 3. The third-order valence-corrected chi connectivity index (χ3v) is 4.39. The number of aryl methyl sites for hydroxylation is 1. The number of hydrogen-bond donors (Lipinski definition) is 1. The van der Waals surface area contributed by atoms with Gasteiger partial charge in [0.1, 0.15) is 0 Å². The molecule has 0 saturated carbocycles. The largest absolute Gasteiger partial charge is 0.326 e. The van der Waals surface area contributed by atoms with Crippen LogP contribution in [0.4, 0.5) is 5.69 Å². The SMILES string of the molecule is O=C(CCN1C(=O)CCC1=O)Nc1cccc2c1CCCC2. The molecule has 0 atom stereocenters. The normalized spacial score (nSPS) is 17.5. The lowest BCUT2D eigenvalue weighted by Gasteiger charge is -2.20. The van der Waals surface area contributed by atoms with Gasteiger partial charge < -0.3 is 5.32 Å². The summed E-state index contributed by atoms with van der Waals surface area (Å²) in [5, 5.41) is 2.94. The highest BCUT2D eigenvalue weighted by Crippen LogP contribution is 2.27. The van der Waals surface area contributed by atoms with Crippen LogP contribution in [0.5, 0.6) is 0 Å². The van der Waals surface area contributed by atoms with Gasteiger partial charge in [-0.3, -0.25) is 19.3 Å². The van der Waals surface area contributed by atoms with Crippen LogP contribution >= 0.6 is 0 Å². The van der Waals surface area contributed by atoms with Gasteiger partial charge in [-0.1, -0.05) is 12.1 Å². The van der Waals surface area contributed by atoms with Gasteiger partial charge in [-0.15, -0.1) is 0 Å². The Morgan fingerprint density at radius 1 is 1.05 bits per heavy atom. The Labute approximate surface area is 129 Å². The Balaban J connectivity index is 1.60. The molecule has 1 heterocycles. The molecule has 3 rings (SSSR count). The number of benzene rings is 1. The molecule has 1 aromatic rings. The van der Waals surface area contributed by atoms with E-state index in [0.717, 1.165) is 24.9 Å². The lowest BCUT2D eigenvalue weighted by atomic mass is 9.90. The molecule has 1 fully saturated rings. The summed E-state index contributed by atoms with van der Waals surface area (Å²) in [5.41, 5.74) is 3.42. The van der Waals surface area contributed by atoms with E-state index in [1.165, 1.54) is 22.4 Å². The molecule has 22 heavy (non-hydrogen) atoms. The van der Waals surface area contributed by atoms with Crippen molar-refractivity contribution in [1.82, 2.24) is 4.90 Å². The first-order chi connectivity index (χ1) is 10.6. The van der Waals surface area contributed by atoms with Gasteiger partial charge in [0.05, 0.1) is 0 Å². The van der Waals surface area contributed by atoms with Crippen LogP contribution in [0, 0.1) is 0 Å². The maximum atomic E-state index is 12.1. The summed E-state index contributed by atoms with van der Waals surface area (Å²) < 4.78 is 0. The van der Waals surface area contributed by atoms with Crippen LogP contribution in [0.15, 0.2) is 18.2 Å². The average Bonchev–Trinajstić information content (AvgIpc) is 2.84. The zero-order valence-electron chi connectivity index (χ0n) is 12.6. The Morgan fingerprint density at radius 3 is 2.55 bits per heavy atom. The molecule has 1 N–H and O–H groups in total. The molecule has 3 amide bonds. The number of fused-ring (bicyclic) bond motifs is 1. The van der Waals surface area contributed by atoms with Gasteiger partial charge in [0.25, 0.3) is 0 Å². The van der Waals surface area contributed by atoms with Crippen molar-refractivity contribution in [2.45, 2.75) is 44.9 Å². The van der Waals surface area contributed by atoms with E-state index in [4.69, 9.17) is 0 Å². The lowest BCUT2D eigenvalue weighted by molar-refractivity contribution is -0.138. The first kappa shape index (κ1) is 14.8. The summed E-state index contributed by atoms with van der Waals surface area (Å²) in [4.78, 5) is 36.3. The second-order valence-corrected chi connectivity index (χ2v) is 5.89. The molecule has 0 bridgehead atoms. The van der Waals surface area contributed by atoms with Gasteiger partial charge in [0.15, 0.2) is 0 Å². The quantitative estimate of drug-likeness (QED) is 0.865. The number of likely N-dealkylation sites (tertiary alicyclic amines) is 1. The summed E-state index contributed by atoms with van der Waals surface area (Å²) in [6, 6.07) is 6.01. The summed E-state index contributed by atoms with van der Waals surface area (Å²) in [7, 11) is 0. The minimum atomic E-state index is -0.171. The van der Waals surface area contributed by atoms with Gasteiger partial charge in [-0.05, 0) is 42.9 Å². The molecule has 1 aromatic carbocycles. The fraction of sp³-hybridized carbons (Fsp3) is 0.471. The molecule has 5 heteroatoms. The third-order valence-electron chi connectivity index (χ3n) is 4.39. The average molecular weight is 300 g/mol. The van der Waals surface area contributed by atoms with Crippen molar-refractivity contribution in [2.75, 3.05) is 11.9 Å². The number of hydrogen-bond acceptors (Lipinski definition) is 3. The minimum Gasteiger partial charge on any atom is -0.326 e. The molecule has 116 valence electrons. The van der Waals surface area contributed by atoms with Crippen molar-refractivity contribution in [1.29, 1.82) is 0 Å². The molecular weight excluding hydrogens is 280 g/mol. The van der Waals surface area contributed by atoms with Crippen LogP contribution in [-0.2, 0) is 27.2 Å². The molecule has 2 aliphatic rings. The number of amides is 3. The van der Waals surface area contributed by atoms with E-state index < -0.39 is 0 Å². The highest BCUT2D eigenvalue weighted by Gasteiger charge is 2.28. The summed E-state index contributed by atoms with van der Waals surface area (Å²) >= 11 is 0. The van der Waals surface area contributed by atoms with E-state index in [2.05, 4.69) is 11.4 Å². The van der Waals surface area contributed by atoms with Gasteiger partial charge in [-0.2, -0.15) is 0 Å². The van der Waals surface area contributed by atoms with Crippen molar-refractivity contribution >= 4 is 23.4 Å². The molecule has 5 nitrogen and oxygen atoms in total. The van der Waals surface area contributed by atoms with Gasteiger partial charge in [0.2, 0.25) is 17.7 Å². The number of rotatable bonds is 4. The first-order valence-electron chi connectivity index (χ1n) is 7.89. The Bertz CT molecular complexity index is 608. The standard InChI is InChI=1S/C17H20N2O3/c20-15(10-11-19-16(21)8-9-17(19)22)18-14-7-3-5-12-4-1-2-6-13(12)14/h3,5,7H,1-2,4,6,8-11H2,(H,18,20). The van der Waals surface area contributed by atoms with Crippen LogP contribution < -0.4 is 5.32 Å². The molecule has 0 unspecified atom stereocenters. The topological polar surface area (TPSA) is 66.5 Å². The van der Waals surface area contributed by atoms with Crippen molar-refractivity contribution in [2.24, 2.45) is 0 Å². The van der Waals surface area contributed by atoms with Crippen LogP contribution in [-0.4, -0.2) is 29.2 Å². The zero-order chi connectivity index (χ0) is 15.5. The summed E-state index contributed by atoms with van der Waals surface area (Å²) in [6.07, 6.45) is 5.10. The Kier molecular flexibility index (Phi) is 4.22. The zero-order valence-corrected chi connectivity index (χ0v) is 12.6. The molecular formula is C17H20N2O3. The molecule has 1 aliphatic heterocycles. The molecule has 0 radical (unpaired) electrons.